The van der Waals surface area contributed by atoms with Crippen LogP contribution in [0, 0.1) is 29.1 Å². The number of ether oxygens (including phenoxy) is 1. The van der Waals surface area contributed by atoms with Gasteiger partial charge in [0, 0.05) is 30.5 Å². The van der Waals surface area contributed by atoms with E-state index in [0.29, 0.717) is 49.0 Å². The maximum absolute atomic E-state index is 14.0. The SMILES string of the molecule is CC1CCC(C(=O)N(c2cc(C#CC(C)(C)C)sc2C(=O)O)C2CCN(C(=O)O[C@H]3CNC(=O)C3)CC2)CC1. The monoisotopic (exact) mass is 557 g/mol. The fraction of sp³-hybridized carbons (Fsp3) is 0.655. The Morgan fingerprint density at radius 2 is 1.79 bits per heavy atom. The molecule has 2 N–H and O–H groups in total. The summed E-state index contributed by atoms with van der Waals surface area (Å²) in [6, 6.07) is 1.51. The van der Waals surface area contributed by atoms with Crippen LogP contribution in [0.4, 0.5) is 10.5 Å². The Morgan fingerprint density at radius 1 is 1.13 bits per heavy atom. The zero-order chi connectivity index (χ0) is 28.3. The molecule has 3 fully saturated rings. The van der Waals surface area contributed by atoms with Gasteiger partial charge in [0.2, 0.25) is 11.8 Å². The minimum Gasteiger partial charge on any atom is -0.477 e. The number of likely N-dealkylation sites (tertiary alicyclic amines) is 1. The fourth-order valence-corrected chi connectivity index (χ4v) is 6.25. The molecule has 2 saturated heterocycles. The van der Waals surface area contributed by atoms with Crippen LogP contribution in [0.5, 0.6) is 0 Å². The highest BCUT2D eigenvalue weighted by Crippen LogP contribution is 2.38. The van der Waals surface area contributed by atoms with E-state index in [0.717, 1.165) is 37.0 Å². The summed E-state index contributed by atoms with van der Waals surface area (Å²) in [5.74, 6) is 5.47. The van der Waals surface area contributed by atoms with E-state index in [9.17, 15) is 24.3 Å². The molecule has 1 aromatic heterocycles. The average Bonchev–Trinajstić information content (AvgIpc) is 3.49. The Bertz CT molecular complexity index is 1160. The predicted molar refractivity (Wildman–Crippen MR) is 149 cm³/mol. The number of rotatable bonds is 5. The molecule has 0 unspecified atom stereocenters. The summed E-state index contributed by atoms with van der Waals surface area (Å²) in [4.78, 5) is 54.6. The van der Waals surface area contributed by atoms with Crippen molar-refractivity contribution in [2.45, 2.75) is 84.8 Å². The number of carbonyl (C=O) groups excluding carboxylic acids is 3. The number of anilines is 1. The van der Waals surface area contributed by atoms with Gasteiger partial charge in [-0.25, -0.2) is 9.59 Å². The molecule has 1 saturated carbocycles. The van der Waals surface area contributed by atoms with Crippen LogP contribution in [-0.4, -0.2) is 65.7 Å². The van der Waals surface area contributed by atoms with E-state index in [1.807, 2.05) is 20.8 Å². The largest absolute Gasteiger partial charge is 0.477 e. The lowest BCUT2D eigenvalue weighted by Gasteiger charge is -2.40. The molecule has 2 aliphatic heterocycles. The highest BCUT2D eigenvalue weighted by Gasteiger charge is 2.38. The van der Waals surface area contributed by atoms with Gasteiger partial charge in [0.05, 0.1) is 23.5 Å². The first-order valence-corrected chi connectivity index (χ1v) is 14.7. The van der Waals surface area contributed by atoms with Crippen LogP contribution < -0.4 is 10.2 Å². The second-order valence-electron chi connectivity index (χ2n) is 12.0. The second kappa shape index (κ2) is 12.0. The third kappa shape index (κ3) is 7.33. The summed E-state index contributed by atoms with van der Waals surface area (Å²) in [6.45, 7) is 9.26. The molecule has 4 rings (SSSR count). The highest BCUT2D eigenvalue weighted by molar-refractivity contribution is 7.15. The molecular weight excluding hydrogens is 518 g/mol. The van der Waals surface area contributed by atoms with Crippen molar-refractivity contribution in [1.82, 2.24) is 10.2 Å². The summed E-state index contributed by atoms with van der Waals surface area (Å²) < 4.78 is 5.49. The summed E-state index contributed by atoms with van der Waals surface area (Å²) in [5.41, 5.74) is 0.163. The molecule has 212 valence electrons. The number of hydrogen-bond acceptors (Lipinski definition) is 6. The van der Waals surface area contributed by atoms with Gasteiger partial charge < -0.3 is 25.0 Å². The van der Waals surface area contributed by atoms with Crippen LogP contribution in [-0.2, 0) is 14.3 Å². The number of nitrogens with one attached hydrogen (secondary N) is 1. The Kier molecular flexibility index (Phi) is 8.90. The summed E-state index contributed by atoms with van der Waals surface area (Å²) in [5, 5.41) is 12.7. The van der Waals surface area contributed by atoms with E-state index in [2.05, 4.69) is 24.1 Å². The third-order valence-electron chi connectivity index (χ3n) is 7.62. The molecule has 3 heterocycles. The van der Waals surface area contributed by atoms with Gasteiger partial charge in [-0.2, -0.15) is 0 Å². The number of amides is 3. The maximum atomic E-state index is 14.0. The van der Waals surface area contributed by atoms with Crippen molar-refractivity contribution in [3.05, 3.63) is 15.8 Å². The van der Waals surface area contributed by atoms with Crippen LogP contribution in [0.3, 0.4) is 0 Å². The Morgan fingerprint density at radius 3 is 2.36 bits per heavy atom. The lowest BCUT2D eigenvalue weighted by Crippen LogP contribution is -2.51. The lowest BCUT2D eigenvalue weighted by atomic mass is 9.82. The molecule has 0 spiro atoms. The fourth-order valence-electron chi connectivity index (χ4n) is 5.41. The molecular formula is C29H39N3O6S. The predicted octanol–water partition coefficient (Wildman–Crippen LogP) is 4.49. The number of aromatic carboxylic acids is 1. The summed E-state index contributed by atoms with van der Waals surface area (Å²) >= 11 is 1.10. The van der Waals surface area contributed by atoms with Crippen LogP contribution >= 0.6 is 11.3 Å². The molecule has 10 heteroatoms. The van der Waals surface area contributed by atoms with Gasteiger partial charge in [-0.1, -0.05) is 18.8 Å². The number of carboxylic acids is 1. The Labute approximate surface area is 234 Å². The van der Waals surface area contributed by atoms with Crippen molar-refractivity contribution in [2.75, 3.05) is 24.5 Å². The average molecular weight is 558 g/mol. The third-order valence-corrected chi connectivity index (χ3v) is 8.65. The van der Waals surface area contributed by atoms with Gasteiger partial charge >= 0.3 is 12.1 Å². The van der Waals surface area contributed by atoms with Crippen molar-refractivity contribution in [3.8, 4) is 11.8 Å². The van der Waals surface area contributed by atoms with Crippen molar-refractivity contribution < 1.29 is 29.0 Å². The first-order chi connectivity index (χ1) is 18.4. The van der Waals surface area contributed by atoms with E-state index in [4.69, 9.17) is 4.74 Å². The molecule has 0 bridgehead atoms. The van der Waals surface area contributed by atoms with Crippen molar-refractivity contribution >= 4 is 40.9 Å². The first kappa shape index (κ1) is 28.9. The van der Waals surface area contributed by atoms with Gasteiger partial charge in [-0.3, -0.25) is 9.59 Å². The normalized spacial score (nSPS) is 23.9. The first-order valence-electron chi connectivity index (χ1n) is 13.9. The van der Waals surface area contributed by atoms with Crippen LogP contribution in [0.15, 0.2) is 6.07 Å². The topological polar surface area (TPSA) is 116 Å². The molecule has 3 aliphatic rings. The van der Waals surface area contributed by atoms with Crippen molar-refractivity contribution in [3.63, 3.8) is 0 Å². The number of nitrogens with zero attached hydrogens (tertiary/aromatic N) is 2. The Hall–Kier alpha value is -3.06. The van der Waals surface area contributed by atoms with Gasteiger partial charge in [0.15, 0.2) is 0 Å². The van der Waals surface area contributed by atoms with Gasteiger partial charge in [0.1, 0.15) is 11.0 Å². The van der Waals surface area contributed by atoms with Crippen LogP contribution in [0.2, 0.25) is 0 Å². The van der Waals surface area contributed by atoms with E-state index >= 15 is 0 Å². The van der Waals surface area contributed by atoms with E-state index in [1.165, 1.54) is 0 Å². The standard InChI is InChI=1S/C29H39N3O6S/c1-18-5-7-19(8-6-18)26(34)32(23-16-22(9-12-29(2,3)4)39-25(23)27(35)36)20-10-13-31(14-11-20)28(37)38-21-15-24(33)30-17-21/h16,18-21H,5-8,10-11,13-15,17H2,1-4H3,(H,30,33)(H,35,36)/t18?,19?,21-/m1/s1. The van der Waals surface area contributed by atoms with Crippen molar-refractivity contribution in [2.24, 2.45) is 17.3 Å². The molecule has 1 aliphatic carbocycles. The van der Waals surface area contributed by atoms with Crippen molar-refractivity contribution in [1.29, 1.82) is 0 Å². The molecule has 9 nitrogen and oxygen atoms in total. The van der Waals surface area contributed by atoms with Crippen LogP contribution in [0.1, 0.15) is 87.2 Å². The Balaban J connectivity index is 1.57. The molecule has 0 radical (unpaired) electrons. The number of carboxylic acid groups (broad SMARTS) is 1. The van der Waals surface area contributed by atoms with Gasteiger partial charge in [-0.15, -0.1) is 11.3 Å². The zero-order valence-electron chi connectivity index (χ0n) is 23.2. The van der Waals surface area contributed by atoms with Gasteiger partial charge in [0.25, 0.3) is 0 Å². The molecule has 1 atom stereocenters. The lowest BCUT2D eigenvalue weighted by molar-refractivity contribution is -0.124. The van der Waals surface area contributed by atoms with Crippen LogP contribution in [0.25, 0.3) is 0 Å². The van der Waals surface area contributed by atoms with Gasteiger partial charge in [-0.05, 0) is 71.3 Å². The number of carbonyl (C=O) groups is 4. The highest BCUT2D eigenvalue weighted by atomic mass is 32.1. The van der Waals surface area contributed by atoms with E-state index < -0.39 is 18.2 Å². The molecule has 1 aromatic rings. The minimum atomic E-state index is -1.07. The summed E-state index contributed by atoms with van der Waals surface area (Å²) in [6.07, 6.45) is 3.78. The second-order valence-corrected chi connectivity index (χ2v) is 13.1. The van der Waals surface area contributed by atoms with E-state index in [-0.39, 0.29) is 40.5 Å². The van der Waals surface area contributed by atoms with E-state index in [1.54, 1.807) is 15.9 Å². The molecule has 0 aromatic carbocycles. The number of thiophene rings is 1. The number of hydrogen-bond donors (Lipinski definition) is 2. The maximum Gasteiger partial charge on any atom is 0.410 e. The zero-order valence-corrected chi connectivity index (χ0v) is 24.1. The molecule has 39 heavy (non-hydrogen) atoms. The summed E-state index contributed by atoms with van der Waals surface area (Å²) in [7, 11) is 0. The number of piperidine rings is 1. The minimum absolute atomic E-state index is 0.0332. The quantitative estimate of drug-likeness (QED) is 0.516. The molecule has 3 amide bonds. The smallest absolute Gasteiger partial charge is 0.410 e.